The Bertz CT molecular complexity index is 1410. The average molecular weight is 498 g/mol. The van der Waals surface area contributed by atoms with E-state index in [0.29, 0.717) is 54.7 Å². The molecule has 0 aliphatic carbocycles. The van der Waals surface area contributed by atoms with Crippen LogP contribution in [0.3, 0.4) is 0 Å². The molecule has 8 nitrogen and oxygen atoms in total. The lowest BCUT2D eigenvalue weighted by molar-refractivity contribution is -0.145. The third-order valence-electron chi connectivity index (χ3n) is 6.39. The van der Waals surface area contributed by atoms with Crippen LogP contribution in [-0.4, -0.2) is 41.2 Å². The van der Waals surface area contributed by atoms with E-state index in [9.17, 15) is 18.0 Å². The first-order chi connectivity index (χ1) is 17.2. The maximum Gasteiger partial charge on any atom is 0.389 e. The maximum atomic E-state index is 13.0. The molecule has 1 atom stereocenters. The number of benzene rings is 1. The number of rotatable bonds is 6. The summed E-state index contributed by atoms with van der Waals surface area (Å²) in [4.78, 5) is 26.3. The molecule has 4 aromatic rings. The lowest BCUT2D eigenvalue weighted by Gasteiger charge is -2.22. The molecule has 1 aromatic carbocycles. The number of carbonyl (C=O) groups excluding carboxylic acids is 1. The van der Waals surface area contributed by atoms with Gasteiger partial charge in [-0.2, -0.15) is 18.3 Å². The summed E-state index contributed by atoms with van der Waals surface area (Å²) in [5.74, 6) is 0.891. The van der Waals surface area contributed by atoms with Gasteiger partial charge in [0.05, 0.1) is 5.69 Å². The van der Waals surface area contributed by atoms with Gasteiger partial charge in [0.25, 0.3) is 5.91 Å². The Morgan fingerprint density at radius 1 is 1.19 bits per heavy atom. The van der Waals surface area contributed by atoms with Crippen LogP contribution in [0.2, 0.25) is 0 Å². The summed E-state index contributed by atoms with van der Waals surface area (Å²) in [5.41, 5.74) is 3.77. The lowest BCUT2D eigenvalue weighted by Crippen LogP contribution is -2.25. The van der Waals surface area contributed by atoms with Gasteiger partial charge in [-0.3, -0.25) is 9.20 Å². The van der Waals surface area contributed by atoms with E-state index in [-0.39, 0.29) is 12.3 Å². The van der Waals surface area contributed by atoms with E-state index < -0.39 is 18.5 Å². The van der Waals surface area contributed by atoms with Crippen molar-refractivity contribution in [1.29, 1.82) is 0 Å². The fraction of sp³-hybridized carbons (Fsp3) is 0.400. The summed E-state index contributed by atoms with van der Waals surface area (Å²) in [5, 5.41) is 7.44. The van der Waals surface area contributed by atoms with Gasteiger partial charge in [-0.25, -0.2) is 19.6 Å². The Balaban J connectivity index is 1.26. The molecule has 1 unspecified atom stereocenters. The summed E-state index contributed by atoms with van der Waals surface area (Å²) < 4.78 is 41.7. The Labute approximate surface area is 205 Å². The summed E-state index contributed by atoms with van der Waals surface area (Å²) in [6, 6.07) is 7.47. The molecule has 4 heterocycles. The third-order valence-corrected chi connectivity index (χ3v) is 6.39. The second-order valence-electron chi connectivity index (χ2n) is 9.19. The van der Waals surface area contributed by atoms with Crippen molar-refractivity contribution in [2.45, 2.75) is 58.8 Å². The van der Waals surface area contributed by atoms with E-state index in [0.717, 1.165) is 16.7 Å². The molecule has 1 aliphatic rings. The number of aromatic nitrogens is 6. The fourth-order valence-corrected chi connectivity index (χ4v) is 4.59. The standard InChI is InChI=1S/C25H26F3N7O/c1-3-19-21(34-14-15(2)12-30-24(34)31-19)23(36)29-13-16-4-6-18(7-5-16)22-32-20-10-17(11-25(26,27)28)8-9-35(20)33-22/h4-7,12,14,17H,3,8-11,13H2,1-2H3,(H,29,36). The number of amides is 1. The number of hydrogen-bond donors (Lipinski definition) is 1. The minimum atomic E-state index is -4.17. The summed E-state index contributed by atoms with van der Waals surface area (Å²) >= 11 is 0. The molecule has 1 aliphatic heterocycles. The SMILES string of the molecule is CCc1nc2ncc(C)cn2c1C(=O)NCc1ccc(-c2nc3n(n2)CCC(CC(F)(F)F)C3)cc1. The molecule has 11 heteroatoms. The number of halogens is 3. The van der Waals surface area contributed by atoms with Gasteiger partial charge in [0.2, 0.25) is 5.78 Å². The molecule has 0 bridgehead atoms. The van der Waals surface area contributed by atoms with Gasteiger partial charge in [0, 0.05) is 43.9 Å². The molecule has 36 heavy (non-hydrogen) atoms. The number of nitrogens with zero attached hydrogens (tertiary/aromatic N) is 6. The monoisotopic (exact) mass is 497 g/mol. The van der Waals surface area contributed by atoms with Crippen LogP contribution >= 0.6 is 0 Å². The van der Waals surface area contributed by atoms with Gasteiger partial charge in [0.1, 0.15) is 11.5 Å². The highest BCUT2D eigenvalue weighted by Crippen LogP contribution is 2.32. The van der Waals surface area contributed by atoms with Gasteiger partial charge in [-0.1, -0.05) is 31.2 Å². The molecular weight excluding hydrogens is 471 g/mol. The number of aryl methyl sites for hydroxylation is 3. The number of nitrogens with one attached hydrogen (secondary N) is 1. The van der Waals surface area contributed by atoms with Crippen molar-refractivity contribution in [3.05, 3.63) is 65.0 Å². The van der Waals surface area contributed by atoms with Crippen LogP contribution in [0.25, 0.3) is 17.2 Å². The fourth-order valence-electron chi connectivity index (χ4n) is 4.59. The molecule has 0 spiro atoms. The van der Waals surface area contributed by atoms with Crippen LogP contribution in [0.15, 0.2) is 36.7 Å². The van der Waals surface area contributed by atoms with Crippen molar-refractivity contribution < 1.29 is 18.0 Å². The summed E-state index contributed by atoms with van der Waals surface area (Å²) in [6.07, 6.45) is -0.0677. The molecule has 3 aromatic heterocycles. The molecule has 0 fully saturated rings. The van der Waals surface area contributed by atoms with Crippen molar-refractivity contribution in [1.82, 2.24) is 34.4 Å². The lowest BCUT2D eigenvalue weighted by atomic mass is 9.94. The zero-order valence-electron chi connectivity index (χ0n) is 20.0. The van der Waals surface area contributed by atoms with Gasteiger partial charge in [0.15, 0.2) is 5.82 Å². The Morgan fingerprint density at radius 3 is 2.69 bits per heavy atom. The Kier molecular flexibility index (Phi) is 6.23. The first kappa shape index (κ1) is 24.0. The number of hydrogen-bond acceptors (Lipinski definition) is 5. The van der Waals surface area contributed by atoms with E-state index in [4.69, 9.17) is 0 Å². The predicted molar refractivity (Wildman–Crippen MR) is 126 cm³/mol. The molecule has 0 saturated carbocycles. The first-order valence-corrected chi connectivity index (χ1v) is 11.9. The largest absolute Gasteiger partial charge is 0.389 e. The molecule has 188 valence electrons. The van der Waals surface area contributed by atoms with E-state index in [1.165, 1.54) is 0 Å². The molecule has 5 rings (SSSR count). The molecule has 1 N–H and O–H groups in total. The highest BCUT2D eigenvalue weighted by Gasteiger charge is 2.34. The quantitative estimate of drug-likeness (QED) is 0.429. The maximum absolute atomic E-state index is 13.0. The van der Waals surface area contributed by atoms with E-state index in [1.54, 1.807) is 15.3 Å². The third kappa shape index (κ3) is 4.95. The van der Waals surface area contributed by atoms with Crippen molar-refractivity contribution in [2.75, 3.05) is 0 Å². The zero-order chi connectivity index (χ0) is 25.4. The average Bonchev–Trinajstić information content (AvgIpc) is 3.42. The van der Waals surface area contributed by atoms with E-state index in [1.807, 2.05) is 44.3 Å². The highest BCUT2D eigenvalue weighted by molar-refractivity contribution is 5.94. The number of carbonyl (C=O) groups is 1. The van der Waals surface area contributed by atoms with Crippen LogP contribution in [0.5, 0.6) is 0 Å². The van der Waals surface area contributed by atoms with Crippen LogP contribution in [0, 0.1) is 12.8 Å². The number of alkyl halides is 3. The van der Waals surface area contributed by atoms with E-state index in [2.05, 4.69) is 25.4 Å². The molecule has 1 amide bonds. The Hall–Kier alpha value is -3.76. The van der Waals surface area contributed by atoms with Gasteiger partial charge in [-0.05, 0) is 36.8 Å². The Morgan fingerprint density at radius 2 is 1.97 bits per heavy atom. The topological polar surface area (TPSA) is 90.0 Å². The van der Waals surface area contributed by atoms with Gasteiger partial charge in [-0.15, -0.1) is 0 Å². The van der Waals surface area contributed by atoms with Gasteiger partial charge < -0.3 is 5.32 Å². The molecular formula is C25H26F3N7O. The second kappa shape index (κ2) is 9.36. The first-order valence-electron chi connectivity index (χ1n) is 11.9. The number of fused-ring (bicyclic) bond motifs is 2. The summed E-state index contributed by atoms with van der Waals surface area (Å²) in [6.45, 7) is 4.61. The van der Waals surface area contributed by atoms with Crippen molar-refractivity contribution in [2.24, 2.45) is 5.92 Å². The molecule has 0 radical (unpaired) electrons. The summed E-state index contributed by atoms with van der Waals surface area (Å²) in [7, 11) is 0. The van der Waals surface area contributed by atoms with Crippen LogP contribution in [0.1, 0.15) is 52.9 Å². The van der Waals surface area contributed by atoms with Crippen molar-refractivity contribution >= 4 is 11.7 Å². The second-order valence-corrected chi connectivity index (χ2v) is 9.19. The van der Waals surface area contributed by atoms with Crippen molar-refractivity contribution in [3.63, 3.8) is 0 Å². The minimum absolute atomic E-state index is 0.229. The highest BCUT2D eigenvalue weighted by atomic mass is 19.4. The predicted octanol–water partition coefficient (Wildman–Crippen LogP) is 4.30. The zero-order valence-corrected chi connectivity index (χ0v) is 20.0. The van der Waals surface area contributed by atoms with Crippen LogP contribution in [0.4, 0.5) is 13.2 Å². The normalized spacial score (nSPS) is 15.8. The van der Waals surface area contributed by atoms with Crippen molar-refractivity contribution in [3.8, 4) is 11.4 Å². The van der Waals surface area contributed by atoms with Crippen LogP contribution in [-0.2, 0) is 25.9 Å². The van der Waals surface area contributed by atoms with Crippen LogP contribution < -0.4 is 5.32 Å². The molecule has 0 saturated heterocycles. The minimum Gasteiger partial charge on any atom is -0.347 e. The number of imidazole rings is 1. The van der Waals surface area contributed by atoms with Gasteiger partial charge >= 0.3 is 6.18 Å². The smallest absolute Gasteiger partial charge is 0.347 e. The van der Waals surface area contributed by atoms with E-state index >= 15 is 0 Å².